The van der Waals surface area contributed by atoms with Gasteiger partial charge in [0.2, 0.25) is 0 Å². The zero-order valence-electron chi connectivity index (χ0n) is 24.6. The van der Waals surface area contributed by atoms with Crippen LogP contribution in [-0.2, 0) is 27.7 Å². The monoisotopic (exact) mass is 750 g/mol. The number of unbranched alkanes of at least 4 members (excludes halogenated alkanes) is 1. The minimum absolute atomic E-state index is 0.288. The van der Waals surface area contributed by atoms with Gasteiger partial charge >= 0.3 is 14.5 Å². The van der Waals surface area contributed by atoms with E-state index in [1.807, 2.05) is 0 Å². The predicted octanol–water partition coefficient (Wildman–Crippen LogP) is 2.67. The molecule has 0 aromatic carbocycles. The highest BCUT2D eigenvalue weighted by molar-refractivity contribution is 8.39. The quantitative estimate of drug-likeness (QED) is 0.0584. The van der Waals surface area contributed by atoms with Gasteiger partial charge in [0, 0.05) is 13.1 Å². The number of aromatic nitrogens is 8. The van der Waals surface area contributed by atoms with Gasteiger partial charge in [-0.1, -0.05) is 0 Å². The Kier molecular flexibility index (Phi) is 11.3. The number of imidazole rings is 2. The molecule has 4 aromatic heterocycles. The number of hydrogen-bond acceptors (Lipinski definition) is 16. The molecule has 0 amide bonds. The van der Waals surface area contributed by atoms with E-state index in [-0.39, 0.29) is 11.3 Å². The molecule has 10 atom stereocenters. The molecule has 48 heavy (non-hydrogen) atoms. The summed E-state index contributed by atoms with van der Waals surface area (Å²) in [5.74, 6) is 0.844. The van der Waals surface area contributed by atoms with Gasteiger partial charge in [-0.3, -0.25) is 9.13 Å². The summed E-state index contributed by atoms with van der Waals surface area (Å²) in [6.45, 7) is -0.0953. The zero-order valence-corrected chi connectivity index (χ0v) is 28.2. The number of alkyl halides is 2. The molecule has 2 aliphatic heterocycles. The van der Waals surface area contributed by atoms with Crippen LogP contribution in [-0.4, -0.2) is 112 Å². The lowest BCUT2D eigenvalue weighted by molar-refractivity contribution is -0.0427. The molecule has 0 saturated carbocycles. The van der Waals surface area contributed by atoms with Crippen LogP contribution < -0.4 is 10.6 Å². The molecule has 0 radical (unpaired) electrons. The number of nitrogens with one attached hydrogen (secondary N) is 2. The van der Waals surface area contributed by atoms with E-state index in [0.717, 1.165) is 0 Å². The third kappa shape index (κ3) is 7.09. The fraction of sp³-hybridized carbons (Fsp3) is 0.583. The smallest absolute Gasteiger partial charge is 0.394 e. The molecule has 0 aliphatic carbocycles. The maximum absolute atomic E-state index is 15.2. The molecule has 4 N–H and O–H groups in total. The van der Waals surface area contributed by atoms with Crippen LogP contribution in [0.4, 0.5) is 20.4 Å². The second kappa shape index (κ2) is 15.4. The summed E-state index contributed by atoms with van der Waals surface area (Å²) in [5, 5.41) is 25.6. The van der Waals surface area contributed by atoms with E-state index < -0.39 is 76.9 Å². The Balaban J connectivity index is 1.04. The van der Waals surface area contributed by atoms with Crippen LogP contribution in [0.15, 0.2) is 25.3 Å². The first-order valence-corrected chi connectivity index (χ1v) is 19.2. The molecule has 6 rings (SSSR count). The van der Waals surface area contributed by atoms with E-state index in [9.17, 15) is 19.3 Å². The van der Waals surface area contributed by atoms with E-state index in [4.69, 9.17) is 18.5 Å². The van der Waals surface area contributed by atoms with E-state index in [1.165, 1.54) is 34.4 Å². The molecule has 2 saturated heterocycles. The third-order valence-corrected chi connectivity index (χ3v) is 9.19. The fourth-order valence-electron chi connectivity index (χ4n) is 5.59. The Bertz CT molecular complexity index is 1650. The molecule has 18 nitrogen and oxygen atoms in total. The van der Waals surface area contributed by atoms with E-state index >= 15 is 8.78 Å². The van der Waals surface area contributed by atoms with Gasteiger partial charge in [0.25, 0.3) is 0 Å². The summed E-state index contributed by atoms with van der Waals surface area (Å²) >= 11 is 7.36. The van der Waals surface area contributed by atoms with Gasteiger partial charge in [0.1, 0.15) is 49.4 Å². The van der Waals surface area contributed by atoms with E-state index in [2.05, 4.69) is 65.0 Å². The summed E-state index contributed by atoms with van der Waals surface area (Å²) in [4.78, 5) is 25.6. The summed E-state index contributed by atoms with van der Waals surface area (Å²) in [5.41, 5.74) is 1.33. The number of hydrogen-bond donors (Lipinski definition) is 6. The summed E-state index contributed by atoms with van der Waals surface area (Å²) in [6, 6.07) is 0. The number of thiol groups is 2. The molecule has 4 aromatic rings. The van der Waals surface area contributed by atoms with Crippen LogP contribution >= 0.6 is 39.0 Å². The van der Waals surface area contributed by atoms with Crippen molar-refractivity contribution in [2.45, 2.75) is 62.1 Å². The molecule has 2 aliphatic rings. The highest BCUT2D eigenvalue weighted by Crippen LogP contribution is 2.42. The third-order valence-electron chi connectivity index (χ3n) is 7.77. The van der Waals surface area contributed by atoms with Crippen molar-refractivity contribution in [3.05, 3.63) is 25.3 Å². The Morgan fingerprint density at radius 3 is 1.54 bits per heavy atom. The highest BCUT2D eigenvalue weighted by atomic mass is 32.7. The Labute approximate surface area is 282 Å². The van der Waals surface area contributed by atoms with Gasteiger partial charge in [-0.05, 0) is 22.0 Å². The first kappa shape index (κ1) is 35.1. The number of fused-ring (bicyclic) bond motifs is 2. The minimum atomic E-state index is -2.43. The SMILES string of the molecule is O=[P+](S)OC1C(CO)O[C@@H](n2cnc3c(NCCCCNc4ncnc5c4ncn5[C@@H]4O[C@H](CO)[C@@H](O[P+](=O)S)[C@H]4F)ncnc32)[C@@H]1F. The summed E-state index contributed by atoms with van der Waals surface area (Å²) in [7, 11) is -4.85. The molecule has 0 spiro atoms. The second-order valence-electron chi connectivity index (χ2n) is 10.7. The molecule has 258 valence electrons. The van der Waals surface area contributed by atoms with E-state index in [0.29, 0.717) is 48.6 Å². The van der Waals surface area contributed by atoms with Crippen molar-refractivity contribution in [3.63, 3.8) is 0 Å². The maximum Gasteiger partial charge on any atom is 0.582 e. The molecular formula is C24H30F2N10O8P2S2+2. The summed E-state index contributed by atoms with van der Waals surface area (Å²) < 4.78 is 77.5. The average molecular weight is 751 g/mol. The molecule has 2 fully saturated rings. The summed E-state index contributed by atoms with van der Waals surface area (Å²) in [6.07, 6.45) is -4.02. The largest absolute Gasteiger partial charge is 0.582 e. The van der Waals surface area contributed by atoms with Gasteiger partial charge < -0.3 is 30.3 Å². The standard InChI is InChI=1S/C24H28F2N10O8P2S2/c25-13-17(43-45(39)47)11(5-37)41-23(13)35-9-33-15-19(29-7-31-21(15)35)27-3-1-2-4-28-20-16-22(32-8-30-20)36(10-34-16)24-14(26)18(44-46(40)48)12(6-38)42-24/h7-14,17-18,23-24,37-38H,1-6H2,(H2-2,27,28,29,30,31,32,39,40,47,48)/p+2/t11-,12?,13-,14-,17-,18?,23-,24-/m1/s1. The number of anilines is 2. The van der Waals surface area contributed by atoms with Crippen molar-refractivity contribution in [2.24, 2.45) is 0 Å². The normalized spacial score (nSPS) is 28.0. The van der Waals surface area contributed by atoms with Crippen LogP contribution in [0.1, 0.15) is 25.3 Å². The predicted molar refractivity (Wildman–Crippen MR) is 172 cm³/mol. The molecule has 6 heterocycles. The number of rotatable bonds is 15. The van der Waals surface area contributed by atoms with Crippen molar-refractivity contribution >= 4 is 72.9 Å². The van der Waals surface area contributed by atoms with Crippen LogP contribution in [0, 0.1) is 0 Å². The molecule has 0 bridgehead atoms. The van der Waals surface area contributed by atoms with Crippen molar-refractivity contribution in [3.8, 4) is 0 Å². The molecule has 24 heteroatoms. The average Bonchev–Trinajstić information content (AvgIpc) is 3.83. The molecule has 4 unspecified atom stereocenters. The minimum Gasteiger partial charge on any atom is -0.394 e. The van der Waals surface area contributed by atoms with Crippen LogP contribution in [0.3, 0.4) is 0 Å². The number of aliphatic hydroxyl groups is 2. The van der Waals surface area contributed by atoms with E-state index in [1.54, 1.807) is 0 Å². The van der Waals surface area contributed by atoms with Gasteiger partial charge in [-0.25, -0.2) is 38.7 Å². The topological polar surface area (TPSA) is 223 Å². The number of ether oxygens (including phenoxy) is 2. The Morgan fingerprint density at radius 1 is 0.750 bits per heavy atom. The lowest BCUT2D eigenvalue weighted by Gasteiger charge is -2.15. The van der Waals surface area contributed by atoms with Crippen molar-refractivity contribution in [2.75, 3.05) is 36.9 Å². The number of aliphatic hydroxyl groups excluding tert-OH is 2. The van der Waals surface area contributed by atoms with Crippen molar-refractivity contribution < 1.29 is 46.6 Å². The van der Waals surface area contributed by atoms with Gasteiger partial charge in [-0.15, -0.1) is 9.05 Å². The first-order valence-electron chi connectivity index (χ1n) is 14.5. The fourth-order valence-corrected chi connectivity index (χ4v) is 7.16. The van der Waals surface area contributed by atoms with Gasteiger partial charge in [0.15, 0.2) is 71.0 Å². The van der Waals surface area contributed by atoms with Crippen molar-refractivity contribution in [1.29, 1.82) is 0 Å². The first-order chi connectivity index (χ1) is 23.2. The maximum atomic E-state index is 15.2. The van der Waals surface area contributed by atoms with Crippen LogP contribution in [0.2, 0.25) is 0 Å². The number of halogens is 2. The molecular weight excluding hydrogens is 720 g/mol. The second-order valence-corrected chi connectivity index (χ2v) is 14.0. The lowest BCUT2D eigenvalue weighted by Crippen LogP contribution is -2.31. The Hall–Kier alpha value is -2.78. The van der Waals surface area contributed by atoms with Gasteiger partial charge in [0.05, 0.1) is 25.9 Å². The van der Waals surface area contributed by atoms with Crippen LogP contribution in [0.25, 0.3) is 22.3 Å². The number of nitrogens with zero attached hydrogens (tertiary/aromatic N) is 8. The van der Waals surface area contributed by atoms with Gasteiger partial charge in [-0.2, -0.15) is 0 Å². The van der Waals surface area contributed by atoms with Crippen LogP contribution in [0.5, 0.6) is 0 Å². The highest BCUT2D eigenvalue weighted by Gasteiger charge is 2.52. The zero-order chi connectivity index (χ0) is 33.9. The Morgan fingerprint density at radius 2 is 1.17 bits per heavy atom. The van der Waals surface area contributed by atoms with Crippen molar-refractivity contribution in [1.82, 2.24) is 39.0 Å². The lowest BCUT2D eigenvalue weighted by atomic mass is 10.1.